The number of hydrazine groups is 1. The van der Waals surface area contributed by atoms with E-state index in [4.69, 9.17) is 14.2 Å². The van der Waals surface area contributed by atoms with Crippen molar-refractivity contribution in [3.8, 4) is 28.6 Å². The summed E-state index contributed by atoms with van der Waals surface area (Å²) in [6.07, 6.45) is 0. The van der Waals surface area contributed by atoms with Crippen LogP contribution in [0.25, 0.3) is 11.4 Å². The number of para-hydroxylation sites is 1. The van der Waals surface area contributed by atoms with Gasteiger partial charge < -0.3 is 14.2 Å². The lowest BCUT2D eigenvalue weighted by Gasteiger charge is -2.08. The first kappa shape index (κ1) is 22.0. The van der Waals surface area contributed by atoms with E-state index in [1.165, 1.54) is 0 Å². The van der Waals surface area contributed by atoms with Gasteiger partial charge >= 0.3 is 0 Å². The maximum atomic E-state index is 12.0. The van der Waals surface area contributed by atoms with Crippen LogP contribution in [0.5, 0.6) is 17.2 Å². The number of hydrogen-bond donors (Lipinski definition) is 3. The Hall–Kier alpha value is -3.73. The number of aromatic nitrogens is 3. The minimum Gasteiger partial charge on any atom is -0.497 e. The van der Waals surface area contributed by atoms with Crippen molar-refractivity contribution < 1.29 is 23.8 Å². The molecule has 0 saturated carbocycles. The van der Waals surface area contributed by atoms with E-state index in [1.54, 1.807) is 56.7 Å². The van der Waals surface area contributed by atoms with Gasteiger partial charge in [0.2, 0.25) is 11.1 Å². The van der Waals surface area contributed by atoms with Gasteiger partial charge in [0.1, 0.15) is 17.2 Å². The Morgan fingerprint density at radius 1 is 0.968 bits per heavy atom. The van der Waals surface area contributed by atoms with Crippen molar-refractivity contribution in [2.45, 2.75) is 5.16 Å². The van der Waals surface area contributed by atoms with Gasteiger partial charge in [0.15, 0.2) is 12.4 Å². The molecule has 0 unspecified atom stereocenters. The Kier molecular flexibility index (Phi) is 7.71. The molecule has 1 aromatic heterocycles. The highest BCUT2D eigenvalue weighted by Crippen LogP contribution is 2.28. The van der Waals surface area contributed by atoms with E-state index in [0.29, 0.717) is 28.2 Å². The van der Waals surface area contributed by atoms with E-state index in [9.17, 15) is 9.59 Å². The van der Waals surface area contributed by atoms with Crippen LogP contribution in [-0.4, -0.2) is 53.6 Å². The molecule has 162 valence electrons. The molecular formula is C20H21N5O5S. The number of nitrogens with one attached hydrogen (secondary N) is 3. The fourth-order valence-electron chi connectivity index (χ4n) is 2.39. The van der Waals surface area contributed by atoms with Crippen LogP contribution in [0.3, 0.4) is 0 Å². The van der Waals surface area contributed by atoms with Gasteiger partial charge in [0.05, 0.1) is 20.0 Å². The Morgan fingerprint density at radius 3 is 2.32 bits per heavy atom. The second kappa shape index (κ2) is 10.9. The summed E-state index contributed by atoms with van der Waals surface area (Å²) in [6, 6.07) is 14.2. The van der Waals surface area contributed by atoms with E-state index in [-0.39, 0.29) is 12.4 Å². The zero-order chi connectivity index (χ0) is 22.1. The Morgan fingerprint density at radius 2 is 1.65 bits per heavy atom. The third-order valence-electron chi connectivity index (χ3n) is 3.88. The van der Waals surface area contributed by atoms with Gasteiger partial charge in [0.25, 0.3) is 5.91 Å². The standard InChI is InChI=1S/C20H21N5O5S/c1-28-15-8-13(9-16(10-15)29-2)19-21-20(25-24-19)31-12-18(27)23-22-17(26)11-30-14-6-4-3-5-7-14/h3-10H,11-12H2,1-2H3,(H,22,26)(H,23,27)(H,21,24,25). The first-order valence-electron chi connectivity index (χ1n) is 9.11. The average molecular weight is 443 g/mol. The summed E-state index contributed by atoms with van der Waals surface area (Å²) in [5, 5.41) is 7.29. The van der Waals surface area contributed by atoms with Crippen LogP contribution in [0.1, 0.15) is 0 Å². The van der Waals surface area contributed by atoms with E-state index >= 15 is 0 Å². The maximum Gasteiger partial charge on any atom is 0.276 e. The summed E-state index contributed by atoms with van der Waals surface area (Å²) in [4.78, 5) is 28.1. The number of rotatable bonds is 9. The second-order valence-electron chi connectivity index (χ2n) is 6.05. The molecule has 10 nitrogen and oxygen atoms in total. The molecule has 11 heteroatoms. The minimum atomic E-state index is -0.477. The third-order valence-corrected chi connectivity index (χ3v) is 4.72. The molecule has 3 aromatic rings. The average Bonchev–Trinajstić information content (AvgIpc) is 3.29. The lowest BCUT2D eigenvalue weighted by molar-refractivity contribution is -0.128. The highest BCUT2D eigenvalue weighted by Gasteiger charge is 2.12. The van der Waals surface area contributed by atoms with E-state index in [2.05, 4.69) is 26.0 Å². The normalized spacial score (nSPS) is 10.3. The van der Waals surface area contributed by atoms with Gasteiger partial charge in [-0.3, -0.25) is 25.5 Å². The lowest BCUT2D eigenvalue weighted by Crippen LogP contribution is -2.44. The highest BCUT2D eigenvalue weighted by atomic mass is 32.2. The van der Waals surface area contributed by atoms with Crippen molar-refractivity contribution >= 4 is 23.6 Å². The zero-order valence-corrected chi connectivity index (χ0v) is 17.7. The summed E-state index contributed by atoms with van der Waals surface area (Å²) in [5.41, 5.74) is 5.34. The number of amides is 2. The molecule has 0 radical (unpaired) electrons. The largest absolute Gasteiger partial charge is 0.497 e. The van der Waals surface area contributed by atoms with E-state index in [0.717, 1.165) is 17.3 Å². The molecule has 0 bridgehead atoms. The molecule has 0 aliphatic rings. The van der Waals surface area contributed by atoms with E-state index < -0.39 is 11.8 Å². The summed E-state index contributed by atoms with van der Waals surface area (Å²) < 4.78 is 15.8. The van der Waals surface area contributed by atoms with Gasteiger partial charge in [-0.2, -0.15) is 0 Å². The smallest absolute Gasteiger partial charge is 0.276 e. The second-order valence-corrected chi connectivity index (χ2v) is 7.00. The molecule has 3 N–H and O–H groups in total. The number of carbonyl (C=O) groups excluding carboxylic acids is 2. The number of ether oxygens (including phenoxy) is 3. The summed E-state index contributed by atoms with van der Waals surface area (Å²) in [5.74, 6) is 1.43. The first-order valence-corrected chi connectivity index (χ1v) is 10.1. The summed E-state index contributed by atoms with van der Waals surface area (Å²) in [6.45, 7) is -0.217. The van der Waals surface area contributed by atoms with E-state index in [1.807, 2.05) is 6.07 Å². The number of aromatic amines is 1. The van der Waals surface area contributed by atoms with Crippen molar-refractivity contribution in [2.75, 3.05) is 26.6 Å². The minimum absolute atomic E-state index is 0.0124. The molecule has 0 fully saturated rings. The highest BCUT2D eigenvalue weighted by molar-refractivity contribution is 7.99. The fourth-order valence-corrected chi connectivity index (χ4v) is 2.99. The number of hydrogen-bond acceptors (Lipinski definition) is 8. The topological polar surface area (TPSA) is 127 Å². The summed E-state index contributed by atoms with van der Waals surface area (Å²) in [7, 11) is 3.12. The molecule has 3 rings (SSSR count). The number of nitrogens with zero attached hydrogens (tertiary/aromatic N) is 2. The predicted molar refractivity (Wildman–Crippen MR) is 114 cm³/mol. The van der Waals surface area contributed by atoms with Crippen molar-refractivity contribution in [2.24, 2.45) is 0 Å². The molecule has 31 heavy (non-hydrogen) atoms. The molecular weight excluding hydrogens is 422 g/mol. The zero-order valence-electron chi connectivity index (χ0n) is 16.9. The van der Waals surface area contributed by atoms with Crippen LogP contribution in [0.4, 0.5) is 0 Å². The van der Waals surface area contributed by atoms with Crippen LogP contribution in [0, 0.1) is 0 Å². The quantitative estimate of drug-likeness (QED) is 0.338. The van der Waals surface area contributed by atoms with Gasteiger partial charge in [-0.05, 0) is 24.3 Å². The molecule has 0 aliphatic carbocycles. The fraction of sp³-hybridized carbons (Fsp3) is 0.200. The molecule has 0 aliphatic heterocycles. The SMILES string of the molecule is COc1cc(OC)cc(-c2nc(SCC(=O)NNC(=O)COc3ccccc3)n[nH]2)c1. The van der Waals surface area contributed by atoms with Crippen molar-refractivity contribution in [1.82, 2.24) is 26.0 Å². The Bertz CT molecular complexity index is 1010. The van der Waals surface area contributed by atoms with Gasteiger partial charge in [-0.1, -0.05) is 30.0 Å². The lowest BCUT2D eigenvalue weighted by atomic mass is 10.2. The van der Waals surface area contributed by atoms with Crippen LogP contribution in [-0.2, 0) is 9.59 Å². The number of H-pyrrole nitrogens is 1. The predicted octanol–water partition coefficient (Wildman–Crippen LogP) is 1.81. The van der Waals surface area contributed by atoms with Crippen molar-refractivity contribution in [1.29, 1.82) is 0 Å². The third kappa shape index (κ3) is 6.64. The number of thioether (sulfide) groups is 1. The van der Waals surface area contributed by atoms with Crippen molar-refractivity contribution in [3.63, 3.8) is 0 Å². The maximum absolute atomic E-state index is 12.0. The molecule has 0 spiro atoms. The van der Waals surface area contributed by atoms with Crippen LogP contribution in [0.2, 0.25) is 0 Å². The number of carbonyl (C=O) groups is 2. The monoisotopic (exact) mass is 443 g/mol. The summed E-state index contributed by atoms with van der Waals surface area (Å²) >= 11 is 1.12. The number of benzene rings is 2. The molecule has 1 heterocycles. The number of methoxy groups -OCH3 is 2. The molecule has 0 saturated heterocycles. The molecule has 0 atom stereocenters. The van der Waals surface area contributed by atoms with Crippen LogP contribution in [0.15, 0.2) is 53.7 Å². The van der Waals surface area contributed by atoms with Crippen LogP contribution >= 0.6 is 11.8 Å². The van der Waals surface area contributed by atoms with Gasteiger partial charge in [-0.25, -0.2) is 4.98 Å². The first-order chi connectivity index (χ1) is 15.1. The molecule has 2 aromatic carbocycles. The molecule has 2 amide bonds. The Labute approximate surface area is 182 Å². The Balaban J connectivity index is 1.45. The van der Waals surface area contributed by atoms with Gasteiger partial charge in [-0.15, -0.1) is 5.10 Å². The van der Waals surface area contributed by atoms with Crippen molar-refractivity contribution in [3.05, 3.63) is 48.5 Å². The van der Waals surface area contributed by atoms with Crippen LogP contribution < -0.4 is 25.1 Å². The van der Waals surface area contributed by atoms with Gasteiger partial charge in [0, 0.05) is 11.6 Å².